The largest absolute Gasteiger partial charge is 0.465 e. The minimum absolute atomic E-state index is 0.110. The topological polar surface area (TPSA) is 130 Å². The van der Waals surface area contributed by atoms with Crippen LogP contribution in [0.2, 0.25) is 25.7 Å². The molecule has 1 fully saturated rings. The van der Waals surface area contributed by atoms with Crippen molar-refractivity contribution in [3.05, 3.63) is 59.5 Å². The third-order valence-corrected chi connectivity index (χ3v) is 12.3. The number of aromatic nitrogens is 3. The average Bonchev–Trinajstić information content (AvgIpc) is 3.53. The molecule has 1 aliphatic rings. The average molecular weight is 650 g/mol. The van der Waals surface area contributed by atoms with E-state index in [1.165, 1.54) is 15.1 Å². The number of likely N-dealkylation sites (tertiary alicyclic amines) is 1. The number of piperidine rings is 1. The molecule has 0 radical (unpaired) electrons. The first-order valence-corrected chi connectivity index (χ1v) is 20.5. The molecular formula is C33H43N5O5SSi. The van der Waals surface area contributed by atoms with Gasteiger partial charge in [0, 0.05) is 62.0 Å². The Morgan fingerprint density at radius 3 is 2.44 bits per heavy atom. The lowest BCUT2D eigenvalue weighted by Crippen LogP contribution is -2.51. The summed E-state index contributed by atoms with van der Waals surface area (Å²) in [7, 11) is -5.30. The smallest absolute Gasteiger partial charge is 0.407 e. The first-order chi connectivity index (χ1) is 21.0. The molecule has 1 aromatic carbocycles. The molecule has 4 aromatic rings. The van der Waals surface area contributed by atoms with Gasteiger partial charge in [0.05, 0.1) is 16.0 Å². The van der Waals surface area contributed by atoms with Gasteiger partial charge in [-0.25, -0.2) is 22.2 Å². The van der Waals surface area contributed by atoms with Crippen LogP contribution in [0.3, 0.4) is 0 Å². The summed E-state index contributed by atoms with van der Waals surface area (Å²) in [5, 5.41) is 21.8. The normalized spacial score (nSPS) is 18.0. The predicted octanol–water partition coefficient (Wildman–Crippen LogP) is 6.99. The van der Waals surface area contributed by atoms with Crippen LogP contribution in [0.4, 0.5) is 4.79 Å². The number of rotatable bonds is 8. The van der Waals surface area contributed by atoms with Crippen molar-refractivity contribution < 1.29 is 23.1 Å². The van der Waals surface area contributed by atoms with Gasteiger partial charge in [-0.15, -0.1) is 0 Å². The number of benzene rings is 1. The quantitative estimate of drug-likeness (QED) is 0.161. The number of hydrogen-bond acceptors (Lipinski definition) is 6. The molecule has 1 amide bonds. The SMILES string of the molecule is Cc1ccc(S(=O)(=O)n2ccc3c2ncc2c(C#N)c(C4CCN(C(=O)O)C(C(C)(C)C)C4)n(COCC[Si](C)(C)C)c23)cc1. The fourth-order valence-electron chi connectivity index (χ4n) is 6.41. The number of amides is 1. The second-order valence-electron chi connectivity index (χ2n) is 14.4. The van der Waals surface area contributed by atoms with Crippen molar-refractivity contribution in [1.29, 1.82) is 5.26 Å². The van der Waals surface area contributed by atoms with Crippen LogP contribution in [0, 0.1) is 23.7 Å². The van der Waals surface area contributed by atoms with E-state index < -0.39 is 24.2 Å². The number of ether oxygens (including phenoxy) is 1. The van der Waals surface area contributed by atoms with Crippen LogP contribution in [0.5, 0.6) is 0 Å². The lowest BCUT2D eigenvalue weighted by atomic mass is 9.75. The number of fused-ring (bicyclic) bond motifs is 3. The van der Waals surface area contributed by atoms with E-state index in [1.54, 1.807) is 36.5 Å². The Kier molecular flexibility index (Phi) is 8.67. The maximum Gasteiger partial charge on any atom is 0.407 e. The van der Waals surface area contributed by atoms with Crippen molar-refractivity contribution >= 4 is 46.1 Å². The minimum atomic E-state index is -3.93. The number of nitriles is 1. The molecule has 0 bridgehead atoms. The van der Waals surface area contributed by atoms with Gasteiger partial charge in [0.25, 0.3) is 10.0 Å². The number of pyridine rings is 1. The van der Waals surface area contributed by atoms with Gasteiger partial charge >= 0.3 is 6.09 Å². The monoisotopic (exact) mass is 649 g/mol. The third kappa shape index (κ3) is 6.26. The molecule has 0 spiro atoms. The number of nitrogens with zero attached hydrogens (tertiary/aromatic N) is 5. The van der Waals surface area contributed by atoms with E-state index in [4.69, 9.17) is 4.74 Å². The summed E-state index contributed by atoms with van der Waals surface area (Å²) >= 11 is 0. The zero-order chi connectivity index (χ0) is 32.9. The second-order valence-corrected chi connectivity index (χ2v) is 21.9. The molecule has 12 heteroatoms. The maximum atomic E-state index is 13.7. The highest BCUT2D eigenvalue weighted by atomic mass is 32.2. The molecule has 3 aromatic heterocycles. The number of hydrogen-bond donors (Lipinski definition) is 1. The van der Waals surface area contributed by atoms with Crippen LogP contribution < -0.4 is 0 Å². The molecule has 4 heterocycles. The predicted molar refractivity (Wildman–Crippen MR) is 178 cm³/mol. The highest BCUT2D eigenvalue weighted by Crippen LogP contribution is 2.43. The number of carbonyl (C=O) groups is 1. The standard InChI is InChI=1S/C33H43N5O5SSi/c1-22-8-10-24(11-9-22)44(41,42)38-15-13-25-30-27(20-35-31(25)38)26(19-34)29(37(30)21-43-16-17-45(5,6)7)23-12-14-36(32(39)40)28(18-23)33(2,3)4/h8-11,13,15,20,23,28H,12,14,16-18,21H2,1-7H3,(H,39,40). The van der Waals surface area contributed by atoms with Crippen LogP contribution in [-0.2, 0) is 21.5 Å². The van der Waals surface area contributed by atoms with Crippen molar-refractivity contribution in [2.24, 2.45) is 5.41 Å². The molecule has 0 aliphatic carbocycles. The molecule has 2 atom stereocenters. The highest BCUT2D eigenvalue weighted by Gasteiger charge is 2.41. The highest BCUT2D eigenvalue weighted by molar-refractivity contribution is 7.90. The Morgan fingerprint density at radius 2 is 1.84 bits per heavy atom. The maximum absolute atomic E-state index is 13.7. The van der Waals surface area contributed by atoms with Crippen molar-refractivity contribution in [3.8, 4) is 6.07 Å². The van der Waals surface area contributed by atoms with Crippen LogP contribution in [0.15, 0.2) is 47.6 Å². The Bertz CT molecular complexity index is 1890. The summed E-state index contributed by atoms with van der Waals surface area (Å²) in [5.41, 5.74) is 2.88. The molecular weight excluding hydrogens is 607 g/mol. The molecule has 1 saturated heterocycles. The van der Waals surface area contributed by atoms with E-state index >= 15 is 0 Å². The zero-order valence-electron chi connectivity index (χ0n) is 27.2. The third-order valence-electron chi connectivity index (χ3n) is 8.88. The van der Waals surface area contributed by atoms with E-state index in [1.807, 2.05) is 32.3 Å². The Morgan fingerprint density at radius 1 is 1.16 bits per heavy atom. The van der Waals surface area contributed by atoms with Crippen molar-refractivity contribution in [1.82, 2.24) is 18.4 Å². The zero-order valence-corrected chi connectivity index (χ0v) is 29.0. The van der Waals surface area contributed by atoms with Crippen molar-refractivity contribution in [2.45, 2.75) is 89.8 Å². The molecule has 1 aliphatic heterocycles. The van der Waals surface area contributed by atoms with Crippen LogP contribution in [0.1, 0.15) is 56.4 Å². The lowest BCUT2D eigenvalue weighted by molar-refractivity contribution is 0.0489. The Labute approximate surface area is 266 Å². The van der Waals surface area contributed by atoms with Crippen LogP contribution in [0.25, 0.3) is 21.9 Å². The number of aryl methyl sites for hydroxylation is 1. The first kappa shape index (κ1) is 32.7. The summed E-state index contributed by atoms with van der Waals surface area (Å²) < 4.78 is 37.0. The second kappa shape index (κ2) is 11.9. The summed E-state index contributed by atoms with van der Waals surface area (Å²) in [5.74, 6) is -0.110. The van der Waals surface area contributed by atoms with E-state index in [0.29, 0.717) is 47.8 Å². The van der Waals surface area contributed by atoms with Crippen LogP contribution in [-0.4, -0.2) is 65.3 Å². The van der Waals surface area contributed by atoms with Gasteiger partial charge in [0.2, 0.25) is 0 Å². The molecule has 0 saturated carbocycles. The number of carboxylic acid groups (broad SMARTS) is 1. The first-order valence-electron chi connectivity index (χ1n) is 15.4. The lowest BCUT2D eigenvalue weighted by Gasteiger charge is -2.44. The summed E-state index contributed by atoms with van der Waals surface area (Å²) in [4.78, 5) is 18.5. The summed E-state index contributed by atoms with van der Waals surface area (Å²) in [6, 6.07) is 11.6. The van der Waals surface area contributed by atoms with Crippen molar-refractivity contribution in [3.63, 3.8) is 0 Å². The van der Waals surface area contributed by atoms with E-state index in [-0.39, 0.29) is 34.6 Å². The van der Waals surface area contributed by atoms with Gasteiger partial charge in [0.1, 0.15) is 12.8 Å². The van der Waals surface area contributed by atoms with Gasteiger partial charge in [-0.3, -0.25) is 0 Å². The molecule has 45 heavy (non-hydrogen) atoms. The summed E-state index contributed by atoms with van der Waals surface area (Å²) in [6.45, 7) is 16.0. The van der Waals surface area contributed by atoms with E-state index in [2.05, 4.69) is 30.7 Å². The van der Waals surface area contributed by atoms with Gasteiger partial charge < -0.3 is 19.3 Å². The van der Waals surface area contributed by atoms with Gasteiger partial charge in [0.15, 0.2) is 5.65 Å². The molecule has 2 unspecified atom stereocenters. The fraction of sp³-hybridized carbons (Fsp3) is 0.485. The van der Waals surface area contributed by atoms with Crippen molar-refractivity contribution in [2.75, 3.05) is 13.2 Å². The van der Waals surface area contributed by atoms with E-state index in [9.17, 15) is 23.6 Å². The molecule has 5 rings (SSSR count). The molecule has 10 nitrogen and oxygen atoms in total. The molecule has 1 N–H and O–H groups in total. The Balaban J connectivity index is 1.69. The minimum Gasteiger partial charge on any atom is -0.465 e. The van der Waals surface area contributed by atoms with E-state index in [0.717, 1.165) is 17.3 Å². The van der Waals surface area contributed by atoms with Gasteiger partial charge in [-0.2, -0.15) is 5.26 Å². The fourth-order valence-corrected chi connectivity index (χ4v) is 8.47. The van der Waals surface area contributed by atoms with Gasteiger partial charge in [-0.1, -0.05) is 58.1 Å². The molecule has 240 valence electrons. The van der Waals surface area contributed by atoms with Gasteiger partial charge in [-0.05, 0) is 49.4 Å². The summed E-state index contributed by atoms with van der Waals surface area (Å²) in [6.07, 6.45) is 3.27. The Hall–Kier alpha value is -3.66. The van der Waals surface area contributed by atoms with Crippen LogP contribution >= 0.6 is 0 Å².